The van der Waals surface area contributed by atoms with Gasteiger partial charge in [0, 0.05) is 42.9 Å². The second kappa shape index (κ2) is 6.63. The number of hydrogen-bond acceptors (Lipinski definition) is 2. The van der Waals surface area contributed by atoms with E-state index < -0.39 is 0 Å². The molecule has 1 aliphatic heterocycles. The van der Waals surface area contributed by atoms with Crippen molar-refractivity contribution >= 4 is 16.8 Å². The van der Waals surface area contributed by atoms with Gasteiger partial charge in [0.25, 0.3) is 5.91 Å². The van der Waals surface area contributed by atoms with Crippen LogP contribution in [-0.2, 0) is 6.54 Å². The highest BCUT2D eigenvalue weighted by molar-refractivity contribution is 6.01. The average Bonchev–Trinajstić information content (AvgIpc) is 3.23. The summed E-state index contributed by atoms with van der Waals surface area (Å²) in [4.78, 5) is 22.8. The van der Waals surface area contributed by atoms with Crippen molar-refractivity contribution < 1.29 is 4.79 Å². The monoisotopic (exact) mass is 350 g/mol. The number of nitrogens with one attached hydrogen (secondary N) is 1. The van der Waals surface area contributed by atoms with Crippen LogP contribution in [0.4, 0.5) is 0 Å². The van der Waals surface area contributed by atoms with E-state index in [2.05, 4.69) is 47.4 Å². The van der Waals surface area contributed by atoms with Crippen molar-refractivity contribution in [3.05, 3.63) is 53.2 Å². The van der Waals surface area contributed by atoms with Gasteiger partial charge in [-0.1, -0.05) is 11.6 Å². The normalized spacial score (nSPS) is 17.8. The van der Waals surface area contributed by atoms with Crippen molar-refractivity contribution in [1.82, 2.24) is 19.4 Å². The number of carbonyl (C=O) groups excluding carboxylic acids is 1. The molecule has 0 bridgehead atoms. The second-order valence-corrected chi connectivity index (χ2v) is 7.65. The number of rotatable bonds is 3. The molecule has 0 unspecified atom stereocenters. The highest BCUT2D eigenvalue weighted by Crippen LogP contribution is 2.28. The molecule has 4 rings (SSSR count). The zero-order valence-electron chi connectivity index (χ0n) is 15.7. The third kappa shape index (κ3) is 3.02. The van der Waals surface area contributed by atoms with Crippen LogP contribution in [0.1, 0.15) is 40.0 Å². The van der Waals surface area contributed by atoms with Gasteiger partial charge in [-0.2, -0.15) is 0 Å². The summed E-state index contributed by atoms with van der Waals surface area (Å²) in [5, 5.41) is 1.16. The summed E-state index contributed by atoms with van der Waals surface area (Å²) >= 11 is 0. The van der Waals surface area contributed by atoms with Gasteiger partial charge in [0.1, 0.15) is 5.69 Å². The summed E-state index contributed by atoms with van der Waals surface area (Å²) in [7, 11) is 0. The zero-order chi connectivity index (χ0) is 18.3. The predicted octanol–water partition coefficient (Wildman–Crippen LogP) is 3.84. The quantitative estimate of drug-likeness (QED) is 0.780. The van der Waals surface area contributed by atoms with E-state index in [9.17, 15) is 4.79 Å². The molecule has 26 heavy (non-hydrogen) atoms. The molecular weight excluding hydrogens is 324 g/mol. The molecule has 1 aliphatic rings. The van der Waals surface area contributed by atoms with Gasteiger partial charge in [0.2, 0.25) is 0 Å². The Morgan fingerprint density at radius 2 is 2.15 bits per heavy atom. The Morgan fingerprint density at radius 1 is 1.31 bits per heavy atom. The SMILES string of the molecule is Cc1cc(C)c2[nH]c(C(=O)N3CCC[C@@H](Cn4ccnc4)C3)c(C)c2c1. The molecule has 136 valence electrons. The molecule has 0 radical (unpaired) electrons. The van der Waals surface area contributed by atoms with E-state index in [0.29, 0.717) is 5.92 Å². The highest BCUT2D eigenvalue weighted by atomic mass is 16.2. The largest absolute Gasteiger partial charge is 0.350 e. The summed E-state index contributed by atoms with van der Waals surface area (Å²) in [6.45, 7) is 8.83. The van der Waals surface area contributed by atoms with E-state index in [4.69, 9.17) is 0 Å². The highest BCUT2D eigenvalue weighted by Gasteiger charge is 2.27. The fourth-order valence-electron chi connectivity index (χ4n) is 4.25. The third-order valence-electron chi connectivity index (χ3n) is 5.56. The lowest BCUT2D eigenvalue weighted by Crippen LogP contribution is -2.41. The van der Waals surface area contributed by atoms with Gasteiger partial charge in [-0.15, -0.1) is 0 Å². The van der Waals surface area contributed by atoms with Crippen LogP contribution in [0.15, 0.2) is 30.9 Å². The predicted molar refractivity (Wildman–Crippen MR) is 103 cm³/mol. The molecule has 3 heterocycles. The second-order valence-electron chi connectivity index (χ2n) is 7.65. The van der Waals surface area contributed by atoms with Crippen LogP contribution in [0.5, 0.6) is 0 Å². The summed E-state index contributed by atoms with van der Waals surface area (Å²) in [6.07, 6.45) is 7.87. The fraction of sp³-hybridized carbons (Fsp3) is 0.429. The number of likely N-dealkylation sites (tertiary alicyclic amines) is 1. The molecule has 1 fully saturated rings. The standard InChI is InChI=1S/C21H26N4O/c1-14-9-15(2)19-18(10-14)16(3)20(23-19)21(26)25-7-4-5-17(12-25)11-24-8-6-22-13-24/h6,8-10,13,17,23H,4-5,7,11-12H2,1-3H3/t17-/m0/s1. The Labute approximate surface area is 154 Å². The van der Waals surface area contributed by atoms with Gasteiger partial charge in [0.05, 0.1) is 6.33 Å². The maximum absolute atomic E-state index is 13.2. The first-order valence-corrected chi connectivity index (χ1v) is 9.37. The topological polar surface area (TPSA) is 53.9 Å². The number of aryl methyl sites for hydroxylation is 3. The summed E-state index contributed by atoms with van der Waals surface area (Å²) < 4.78 is 2.11. The van der Waals surface area contributed by atoms with Crippen LogP contribution in [0, 0.1) is 26.7 Å². The van der Waals surface area contributed by atoms with Crippen molar-refractivity contribution in [2.45, 2.75) is 40.2 Å². The van der Waals surface area contributed by atoms with Crippen LogP contribution in [0.25, 0.3) is 10.9 Å². The molecule has 1 atom stereocenters. The smallest absolute Gasteiger partial charge is 0.270 e. The molecule has 2 aromatic heterocycles. The van der Waals surface area contributed by atoms with Crippen molar-refractivity contribution in [1.29, 1.82) is 0 Å². The zero-order valence-corrected chi connectivity index (χ0v) is 15.7. The van der Waals surface area contributed by atoms with E-state index in [1.54, 1.807) is 0 Å². The Morgan fingerprint density at radius 3 is 2.92 bits per heavy atom. The molecule has 5 nitrogen and oxygen atoms in total. The van der Waals surface area contributed by atoms with Crippen molar-refractivity contribution in [2.75, 3.05) is 13.1 Å². The maximum atomic E-state index is 13.2. The minimum Gasteiger partial charge on any atom is -0.350 e. The van der Waals surface area contributed by atoms with Gasteiger partial charge in [0.15, 0.2) is 0 Å². The number of aromatic amines is 1. The Hall–Kier alpha value is -2.56. The van der Waals surface area contributed by atoms with Crippen molar-refractivity contribution in [3.8, 4) is 0 Å². The van der Waals surface area contributed by atoms with Gasteiger partial charge < -0.3 is 14.5 Å². The molecule has 5 heteroatoms. The number of amides is 1. The Kier molecular flexibility index (Phi) is 4.31. The number of carbonyl (C=O) groups is 1. The molecule has 3 aromatic rings. The van der Waals surface area contributed by atoms with Crippen LogP contribution in [-0.4, -0.2) is 38.4 Å². The number of hydrogen-bond donors (Lipinski definition) is 1. The Bertz CT molecular complexity index is 939. The van der Waals surface area contributed by atoms with Gasteiger partial charge in [-0.05, 0) is 56.7 Å². The molecular formula is C21H26N4O. The third-order valence-corrected chi connectivity index (χ3v) is 5.56. The first-order valence-electron chi connectivity index (χ1n) is 9.37. The summed E-state index contributed by atoms with van der Waals surface area (Å²) in [5.74, 6) is 0.613. The number of imidazole rings is 1. The van der Waals surface area contributed by atoms with Crippen LogP contribution in [0.3, 0.4) is 0 Å². The number of piperidine rings is 1. The van der Waals surface area contributed by atoms with Crippen molar-refractivity contribution in [3.63, 3.8) is 0 Å². The van der Waals surface area contributed by atoms with Crippen LogP contribution < -0.4 is 0 Å². The minimum atomic E-state index is 0.131. The number of fused-ring (bicyclic) bond motifs is 1. The van der Waals surface area contributed by atoms with Gasteiger partial charge in [-0.25, -0.2) is 4.98 Å². The number of H-pyrrole nitrogens is 1. The minimum absolute atomic E-state index is 0.131. The molecule has 1 amide bonds. The van der Waals surface area contributed by atoms with E-state index in [-0.39, 0.29) is 5.91 Å². The lowest BCUT2D eigenvalue weighted by Gasteiger charge is -2.32. The van der Waals surface area contributed by atoms with Gasteiger partial charge in [-0.3, -0.25) is 4.79 Å². The molecule has 0 spiro atoms. The molecule has 1 saturated heterocycles. The van der Waals surface area contributed by atoms with E-state index in [0.717, 1.165) is 54.6 Å². The average molecular weight is 350 g/mol. The first kappa shape index (κ1) is 16.9. The van der Waals surface area contributed by atoms with Crippen LogP contribution in [0.2, 0.25) is 0 Å². The molecule has 0 saturated carbocycles. The van der Waals surface area contributed by atoms with E-state index in [1.165, 1.54) is 11.1 Å². The van der Waals surface area contributed by atoms with E-state index in [1.807, 2.05) is 23.6 Å². The van der Waals surface area contributed by atoms with Crippen LogP contribution >= 0.6 is 0 Å². The fourth-order valence-corrected chi connectivity index (χ4v) is 4.25. The van der Waals surface area contributed by atoms with Gasteiger partial charge >= 0.3 is 0 Å². The summed E-state index contributed by atoms with van der Waals surface area (Å²) in [6, 6.07) is 4.33. The number of benzene rings is 1. The lowest BCUT2D eigenvalue weighted by atomic mass is 9.97. The van der Waals surface area contributed by atoms with E-state index >= 15 is 0 Å². The molecule has 0 aliphatic carbocycles. The van der Waals surface area contributed by atoms with Crippen molar-refractivity contribution in [2.24, 2.45) is 5.92 Å². The molecule has 1 aromatic carbocycles. The summed E-state index contributed by atoms with van der Waals surface area (Å²) in [5.41, 5.74) is 5.32. The maximum Gasteiger partial charge on any atom is 0.270 e. The number of nitrogens with zero attached hydrogens (tertiary/aromatic N) is 3. The lowest BCUT2D eigenvalue weighted by molar-refractivity contribution is 0.0656. The first-order chi connectivity index (χ1) is 12.5. The number of aromatic nitrogens is 3. The molecule has 1 N–H and O–H groups in total. The Balaban J connectivity index is 1.58.